The summed E-state index contributed by atoms with van der Waals surface area (Å²) in [5.74, 6) is 2.25. The van der Waals surface area contributed by atoms with Gasteiger partial charge in [0.05, 0.1) is 11.5 Å². The Morgan fingerprint density at radius 3 is 2.73 bits per heavy atom. The monoisotopic (exact) mass is 349 g/mol. The lowest BCUT2D eigenvalue weighted by molar-refractivity contribution is -0.160. The average Bonchev–Trinajstić information content (AvgIpc) is 2.36. The van der Waals surface area contributed by atoms with Gasteiger partial charge in [0.15, 0.2) is 9.84 Å². The molecule has 2 saturated heterocycles. The van der Waals surface area contributed by atoms with Gasteiger partial charge in [-0.15, -0.1) is 0 Å². The summed E-state index contributed by atoms with van der Waals surface area (Å²) in [5.41, 5.74) is -0.487. The number of esters is 1. The first-order valence-electron chi connectivity index (χ1n) is 7.91. The van der Waals surface area contributed by atoms with Gasteiger partial charge in [0.2, 0.25) is 0 Å². The van der Waals surface area contributed by atoms with E-state index in [1.54, 1.807) is 11.8 Å². The molecule has 2 aliphatic rings. The summed E-state index contributed by atoms with van der Waals surface area (Å²) in [6.45, 7) is 7.13. The van der Waals surface area contributed by atoms with Gasteiger partial charge in [0.25, 0.3) is 0 Å². The predicted octanol–water partition coefficient (Wildman–Crippen LogP) is 1.57. The summed E-state index contributed by atoms with van der Waals surface area (Å²) >= 11 is 1.76. The molecule has 0 amide bonds. The number of carbonyl (C=O) groups is 1. The van der Waals surface area contributed by atoms with Gasteiger partial charge in [0, 0.05) is 24.6 Å². The van der Waals surface area contributed by atoms with Gasteiger partial charge in [0.1, 0.15) is 11.6 Å². The van der Waals surface area contributed by atoms with Gasteiger partial charge in [-0.05, 0) is 39.5 Å². The predicted molar refractivity (Wildman–Crippen MR) is 89.9 cm³/mol. The summed E-state index contributed by atoms with van der Waals surface area (Å²) in [5, 5.41) is 0. The maximum atomic E-state index is 12.4. The van der Waals surface area contributed by atoms with E-state index in [2.05, 4.69) is 4.90 Å². The fourth-order valence-corrected chi connectivity index (χ4v) is 5.90. The highest BCUT2D eigenvalue weighted by molar-refractivity contribution is 7.99. The molecule has 0 spiro atoms. The van der Waals surface area contributed by atoms with Crippen LogP contribution < -0.4 is 0 Å². The highest BCUT2D eigenvalue weighted by Crippen LogP contribution is 2.25. The van der Waals surface area contributed by atoms with Crippen molar-refractivity contribution >= 4 is 27.6 Å². The van der Waals surface area contributed by atoms with Crippen molar-refractivity contribution in [2.45, 2.75) is 45.3 Å². The van der Waals surface area contributed by atoms with Crippen molar-refractivity contribution in [3.8, 4) is 0 Å². The van der Waals surface area contributed by atoms with Crippen LogP contribution >= 0.6 is 11.8 Å². The lowest BCUT2D eigenvalue weighted by Crippen LogP contribution is -2.51. The molecule has 0 saturated carbocycles. The maximum absolute atomic E-state index is 12.4. The molecule has 0 N–H and O–H groups in total. The van der Waals surface area contributed by atoms with Crippen molar-refractivity contribution in [1.29, 1.82) is 0 Å². The molecule has 7 heteroatoms. The molecule has 2 rings (SSSR count). The van der Waals surface area contributed by atoms with Crippen LogP contribution in [0.3, 0.4) is 0 Å². The third-order valence-corrected chi connectivity index (χ3v) is 6.88. The quantitative estimate of drug-likeness (QED) is 0.721. The normalized spacial score (nSPS) is 30.0. The zero-order valence-corrected chi connectivity index (χ0v) is 15.3. The van der Waals surface area contributed by atoms with E-state index in [1.165, 1.54) is 0 Å². The Labute approximate surface area is 138 Å². The minimum Gasteiger partial charge on any atom is -0.459 e. The first-order valence-corrected chi connectivity index (χ1v) is 10.9. The Morgan fingerprint density at radius 2 is 2.09 bits per heavy atom. The molecule has 5 nitrogen and oxygen atoms in total. The third-order valence-electron chi connectivity index (χ3n) is 3.97. The van der Waals surface area contributed by atoms with E-state index in [-0.39, 0.29) is 23.7 Å². The van der Waals surface area contributed by atoms with Crippen molar-refractivity contribution in [2.24, 2.45) is 5.92 Å². The lowest BCUT2D eigenvalue weighted by Gasteiger charge is -2.38. The average molecular weight is 350 g/mol. The van der Waals surface area contributed by atoms with Crippen molar-refractivity contribution < 1.29 is 17.9 Å². The first-order chi connectivity index (χ1) is 10.2. The summed E-state index contributed by atoms with van der Waals surface area (Å²) in [6.07, 6.45) is 1.68. The summed E-state index contributed by atoms with van der Waals surface area (Å²) in [6, 6.07) is -0.248. The number of ether oxygens (including phenoxy) is 1. The highest BCUT2D eigenvalue weighted by atomic mass is 32.2. The molecular formula is C15H27NO4S2. The number of carbonyl (C=O) groups excluding carboxylic acids is 1. The molecule has 0 aliphatic carbocycles. The number of hydrogen-bond acceptors (Lipinski definition) is 6. The Balaban J connectivity index is 1.99. The van der Waals surface area contributed by atoms with E-state index in [1.807, 2.05) is 20.8 Å². The van der Waals surface area contributed by atoms with Crippen LogP contribution in [0.1, 0.15) is 33.6 Å². The Bertz CT molecular complexity index is 498. The maximum Gasteiger partial charge on any atom is 0.324 e. The van der Waals surface area contributed by atoms with Crippen LogP contribution in [0, 0.1) is 5.92 Å². The summed E-state index contributed by atoms with van der Waals surface area (Å²) in [7, 11) is -2.90. The van der Waals surface area contributed by atoms with E-state index in [0.29, 0.717) is 12.3 Å². The minimum absolute atomic E-state index is 0.145. The number of nitrogens with zero attached hydrogens (tertiary/aromatic N) is 1. The van der Waals surface area contributed by atoms with Crippen molar-refractivity contribution in [3.63, 3.8) is 0 Å². The summed E-state index contributed by atoms with van der Waals surface area (Å²) in [4.78, 5) is 14.5. The third kappa shape index (κ3) is 5.42. The van der Waals surface area contributed by atoms with E-state index in [9.17, 15) is 13.2 Å². The molecular weight excluding hydrogens is 322 g/mol. The number of thioether (sulfide) groups is 1. The van der Waals surface area contributed by atoms with Crippen LogP contribution in [0.2, 0.25) is 0 Å². The Kier molecular flexibility index (Phi) is 5.83. The molecule has 2 atom stereocenters. The minimum atomic E-state index is -2.90. The van der Waals surface area contributed by atoms with Crippen LogP contribution in [-0.4, -0.2) is 67.0 Å². The smallest absolute Gasteiger partial charge is 0.324 e. The highest BCUT2D eigenvalue weighted by Gasteiger charge is 2.35. The van der Waals surface area contributed by atoms with E-state index >= 15 is 0 Å². The molecule has 0 bridgehead atoms. The second kappa shape index (κ2) is 7.09. The fourth-order valence-electron chi connectivity index (χ4n) is 3.04. The van der Waals surface area contributed by atoms with Gasteiger partial charge >= 0.3 is 5.97 Å². The SMILES string of the molecule is CC(C)(C)OC(=O)[C@H]1CSCCN1C[C@@H]1CCCS(=O)(=O)C1. The molecule has 0 aromatic heterocycles. The van der Waals surface area contributed by atoms with E-state index < -0.39 is 15.4 Å². The van der Waals surface area contributed by atoms with E-state index in [0.717, 1.165) is 30.9 Å². The van der Waals surface area contributed by atoms with Crippen LogP contribution in [0.25, 0.3) is 0 Å². The topological polar surface area (TPSA) is 63.7 Å². The molecule has 0 aromatic rings. The molecule has 22 heavy (non-hydrogen) atoms. The number of hydrogen-bond donors (Lipinski definition) is 0. The van der Waals surface area contributed by atoms with Crippen molar-refractivity contribution in [2.75, 3.05) is 36.1 Å². The first kappa shape index (κ1) is 18.1. The number of rotatable bonds is 3. The second-order valence-corrected chi connectivity index (χ2v) is 10.6. The van der Waals surface area contributed by atoms with Crippen molar-refractivity contribution in [3.05, 3.63) is 0 Å². The zero-order valence-electron chi connectivity index (χ0n) is 13.7. The van der Waals surface area contributed by atoms with E-state index in [4.69, 9.17) is 4.74 Å². The van der Waals surface area contributed by atoms with Gasteiger partial charge in [-0.2, -0.15) is 11.8 Å². The van der Waals surface area contributed by atoms with Crippen LogP contribution in [0.4, 0.5) is 0 Å². The molecule has 2 heterocycles. The zero-order chi connectivity index (χ0) is 16.4. The molecule has 2 aliphatic heterocycles. The standard InChI is InChI=1S/C15H27NO4S2/c1-15(2,3)20-14(17)13-10-21-7-6-16(13)9-12-5-4-8-22(18,19)11-12/h12-13H,4-11H2,1-3H3/t12-,13+/m0/s1. The van der Waals surface area contributed by atoms with Crippen LogP contribution in [0.5, 0.6) is 0 Å². The van der Waals surface area contributed by atoms with Gasteiger partial charge in [-0.3, -0.25) is 9.69 Å². The Morgan fingerprint density at radius 1 is 1.36 bits per heavy atom. The molecule has 0 aromatic carbocycles. The second-order valence-electron chi connectivity index (χ2n) is 7.24. The Hall–Kier alpha value is -0.270. The molecule has 2 fully saturated rings. The molecule has 0 unspecified atom stereocenters. The van der Waals surface area contributed by atoms with Gasteiger partial charge < -0.3 is 4.74 Å². The molecule has 128 valence electrons. The summed E-state index contributed by atoms with van der Waals surface area (Å²) < 4.78 is 29.1. The molecule has 0 radical (unpaired) electrons. The lowest BCUT2D eigenvalue weighted by atomic mass is 10.0. The van der Waals surface area contributed by atoms with Crippen molar-refractivity contribution in [1.82, 2.24) is 4.90 Å². The fraction of sp³-hybridized carbons (Fsp3) is 0.933. The van der Waals surface area contributed by atoms with Crippen LogP contribution in [-0.2, 0) is 19.4 Å². The van der Waals surface area contributed by atoms with Gasteiger partial charge in [-0.25, -0.2) is 8.42 Å². The van der Waals surface area contributed by atoms with Crippen LogP contribution in [0.15, 0.2) is 0 Å². The largest absolute Gasteiger partial charge is 0.459 e. The van der Waals surface area contributed by atoms with Gasteiger partial charge in [-0.1, -0.05) is 0 Å². The number of sulfone groups is 1.